The molecule has 1 N–H and O–H groups in total. The number of rotatable bonds is 4. The van der Waals surface area contributed by atoms with Crippen LogP contribution in [0, 0.1) is 11.6 Å². The van der Waals surface area contributed by atoms with Crippen molar-refractivity contribution in [3.63, 3.8) is 0 Å². The molecule has 4 rings (SSSR count). The second-order valence-corrected chi connectivity index (χ2v) is 5.97. The lowest BCUT2D eigenvalue weighted by atomic mass is 10.1. The van der Waals surface area contributed by atoms with Crippen molar-refractivity contribution in [1.29, 1.82) is 0 Å². The predicted octanol–water partition coefficient (Wildman–Crippen LogP) is 4.97. The molecular weight excluding hydrogens is 378 g/mol. The zero-order chi connectivity index (χ0) is 19.0. The monoisotopic (exact) mass is 388 g/mol. The number of benzene rings is 2. The second kappa shape index (κ2) is 6.81. The fourth-order valence-electron chi connectivity index (χ4n) is 2.65. The van der Waals surface area contributed by atoms with E-state index >= 15 is 0 Å². The van der Waals surface area contributed by atoms with Gasteiger partial charge in [-0.05, 0) is 30.3 Å². The third-order valence-electron chi connectivity index (χ3n) is 3.82. The fraction of sp³-hybridized carbons (Fsp3) is 0.0556. The first-order valence-electron chi connectivity index (χ1n) is 7.72. The van der Waals surface area contributed by atoms with Crippen LogP contribution < -0.4 is 10.1 Å². The standard InChI is InChI=1S/C18H11ClF2N4O2/c1-26-14-3-2-12(7-13(14)19)24-17-15-16(25-27-18(15)23-8-22-17)9-4-10(20)6-11(21)5-9/h2-8H,1H3,(H,22,23,24). The second-order valence-electron chi connectivity index (χ2n) is 5.57. The van der Waals surface area contributed by atoms with Crippen LogP contribution in [0.2, 0.25) is 5.02 Å². The van der Waals surface area contributed by atoms with Gasteiger partial charge in [0.05, 0.1) is 12.1 Å². The SMILES string of the molecule is COc1ccc(Nc2ncnc3onc(-c4cc(F)cc(F)c4)c23)cc1Cl. The Morgan fingerprint density at radius 1 is 1.07 bits per heavy atom. The lowest BCUT2D eigenvalue weighted by Crippen LogP contribution is -1.96. The highest BCUT2D eigenvalue weighted by atomic mass is 35.5. The highest BCUT2D eigenvalue weighted by molar-refractivity contribution is 6.32. The molecule has 6 nitrogen and oxygen atoms in total. The number of hydrogen-bond acceptors (Lipinski definition) is 6. The highest BCUT2D eigenvalue weighted by Gasteiger charge is 2.18. The molecule has 2 heterocycles. The largest absolute Gasteiger partial charge is 0.495 e. The smallest absolute Gasteiger partial charge is 0.263 e. The highest BCUT2D eigenvalue weighted by Crippen LogP contribution is 2.34. The molecule has 0 aliphatic heterocycles. The van der Waals surface area contributed by atoms with Crippen LogP contribution in [-0.4, -0.2) is 22.2 Å². The number of methoxy groups -OCH3 is 1. The summed E-state index contributed by atoms with van der Waals surface area (Å²) in [5.74, 6) is -0.581. The summed E-state index contributed by atoms with van der Waals surface area (Å²) in [7, 11) is 1.52. The molecule has 2 aromatic heterocycles. The van der Waals surface area contributed by atoms with Gasteiger partial charge in [0.1, 0.15) is 40.6 Å². The number of ether oxygens (including phenoxy) is 1. The molecule has 0 spiro atoms. The predicted molar refractivity (Wildman–Crippen MR) is 96.2 cm³/mol. The Morgan fingerprint density at radius 2 is 1.85 bits per heavy atom. The molecule has 0 aliphatic carbocycles. The van der Waals surface area contributed by atoms with E-state index < -0.39 is 11.6 Å². The van der Waals surface area contributed by atoms with E-state index in [1.807, 2.05) is 0 Å². The zero-order valence-corrected chi connectivity index (χ0v) is 14.6. The zero-order valence-electron chi connectivity index (χ0n) is 13.8. The molecule has 0 saturated heterocycles. The quantitative estimate of drug-likeness (QED) is 0.532. The lowest BCUT2D eigenvalue weighted by molar-refractivity contribution is 0.415. The number of hydrogen-bond donors (Lipinski definition) is 1. The van der Waals surface area contributed by atoms with Crippen molar-refractivity contribution in [1.82, 2.24) is 15.1 Å². The molecule has 0 unspecified atom stereocenters. The Hall–Kier alpha value is -3.26. The summed E-state index contributed by atoms with van der Waals surface area (Å²) >= 11 is 6.14. The van der Waals surface area contributed by atoms with Gasteiger partial charge in [0, 0.05) is 17.3 Å². The lowest BCUT2D eigenvalue weighted by Gasteiger charge is -2.09. The van der Waals surface area contributed by atoms with Crippen molar-refractivity contribution >= 4 is 34.2 Å². The minimum atomic E-state index is -0.727. The van der Waals surface area contributed by atoms with Crippen LogP contribution in [0.3, 0.4) is 0 Å². The topological polar surface area (TPSA) is 73.1 Å². The van der Waals surface area contributed by atoms with Crippen molar-refractivity contribution in [3.8, 4) is 17.0 Å². The van der Waals surface area contributed by atoms with Crippen LogP contribution in [0.25, 0.3) is 22.4 Å². The molecule has 9 heteroatoms. The van der Waals surface area contributed by atoms with Gasteiger partial charge in [-0.1, -0.05) is 16.8 Å². The van der Waals surface area contributed by atoms with Gasteiger partial charge in [0.25, 0.3) is 5.71 Å². The van der Waals surface area contributed by atoms with Crippen LogP contribution >= 0.6 is 11.6 Å². The first-order chi connectivity index (χ1) is 13.0. The molecule has 0 fully saturated rings. The van der Waals surface area contributed by atoms with E-state index in [1.54, 1.807) is 18.2 Å². The fourth-order valence-corrected chi connectivity index (χ4v) is 2.91. The summed E-state index contributed by atoms with van der Waals surface area (Å²) in [5.41, 5.74) is 1.22. The Bertz CT molecular complexity index is 1130. The van der Waals surface area contributed by atoms with E-state index in [0.29, 0.717) is 27.7 Å². The molecule has 4 aromatic rings. The Labute approximate surface area is 156 Å². The van der Waals surface area contributed by atoms with Crippen LogP contribution in [0.15, 0.2) is 47.2 Å². The molecular formula is C18H11ClF2N4O2. The summed E-state index contributed by atoms with van der Waals surface area (Å²) < 4.78 is 37.5. The summed E-state index contributed by atoms with van der Waals surface area (Å²) in [6.07, 6.45) is 1.29. The molecule has 0 amide bonds. The summed E-state index contributed by atoms with van der Waals surface area (Å²) in [5, 5.41) is 7.78. The van der Waals surface area contributed by atoms with Gasteiger partial charge in [-0.3, -0.25) is 0 Å². The number of nitrogens with zero attached hydrogens (tertiary/aromatic N) is 3. The van der Waals surface area contributed by atoms with Gasteiger partial charge in [-0.25, -0.2) is 13.8 Å². The average Bonchev–Trinajstić information content (AvgIpc) is 3.06. The maximum Gasteiger partial charge on any atom is 0.263 e. The van der Waals surface area contributed by atoms with Gasteiger partial charge < -0.3 is 14.6 Å². The van der Waals surface area contributed by atoms with E-state index in [9.17, 15) is 8.78 Å². The van der Waals surface area contributed by atoms with Crippen molar-refractivity contribution in [2.75, 3.05) is 12.4 Å². The van der Waals surface area contributed by atoms with Crippen molar-refractivity contribution in [2.45, 2.75) is 0 Å². The molecule has 0 atom stereocenters. The van der Waals surface area contributed by atoms with Crippen LogP contribution in [0.1, 0.15) is 0 Å². The molecule has 0 aliphatic rings. The maximum absolute atomic E-state index is 13.6. The Kier molecular flexibility index (Phi) is 4.33. The van der Waals surface area contributed by atoms with E-state index in [0.717, 1.165) is 18.2 Å². The third-order valence-corrected chi connectivity index (χ3v) is 4.12. The summed E-state index contributed by atoms with van der Waals surface area (Å²) in [6, 6.07) is 8.18. The number of fused-ring (bicyclic) bond motifs is 1. The Balaban J connectivity index is 1.82. The van der Waals surface area contributed by atoms with Crippen LogP contribution in [0.4, 0.5) is 20.3 Å². The number of aromatic nitrogens is 3. The van der Waals surface area contributed by atoms with Crippen LogP contribution in [0.5, 0.6) is 5.75 Å². The van der Waals surface area contributed by atoms with Gasteiger partial charge in [0.15, 0.2) is 0 Å². The Morgan fingerprint density at radius 3 is 2.56 bits per heavy atom. The van der Waals surface area contributed by atoms with Crippen molar-refractivity contribution in [2.24, 2.45) is 0 Å². The maximum atomic E-state index is 13.6. The minimum absolute atomic E-state index is 0.173. The number of nitrogens with one attached hydrogen (secondary N) is 1. The third kappa shape index (κ3) is 3.26. The average molecular weight is 389 g/mol. The van der Waals surface area contributed by atoms with E-state index in [4.69, 9.17) is 20.9 Å². The first kappa shape index (κ1) is 17.2. The van der Waals surface area contributed by atoms with Crippen LogP contribution in [-0.2, 0) is 0 Å². The first-order valence-corrected chi connectivity index (χ1v) is 8.10. The van der Waals surface area contributed by atoms with Gasteiger partial charge in [-0.2, -0.15) is 4.98 Å². The molecule has 0 bridgehead atoms. The summed E-state index contributed by atoms with van der Waals surface area (Å²) in [4.78, 5) is 8.20. The molecule has 2 aromatic carbocycles. The van der Waals surface area contributed by atoms with Gasteiger partial charge in [-0.15, -0.1) is 0 Å². The number of halogens is 3. The van der Waals surface area contributed by atoms with E-state index in [2.05, 4.69) is 20.4 Å². The van der Waals surface area contributed by atoms with Gasteiger partial charge in [0.2, 0.25) is 0 Å². The minimum Gasteiger partial charge on any atom is -0.495 e. The normalized spacial score (nSPS) is 11.0. The van der Waals surface area contributed by atoms with E-state index in [-0.39, 0.29) is 17.0 Å². The number of anilines is 2. The molecule has 136 valence electrons. The van der Waals surface area contributed by atoms with Gasteiger partial charge >= 0.3 is 0 Å². The molecule has 0 saturated carbocycles. The van der Waals surface area contributed by atoms with Crippen molar-refractivity contribution < 1.29 is 18.0 Å². The van der Waals surface area contributed by atoms with Crippen molar-refractivity contribution in [3.05, 3.63) is 59.4 Å². The molecule has 0 radical (unpaired) electrons. The summed E-state index contributed by atoms with van der Waals surface area (Å²) in [6.45, 7) is 0. The molecule has 27 heavy (non-hydrogen) atoms. The van der Waals surface area contributed by atoms with E-state index in [1.165, 1.54) is 13.4 Å².